The van der Waals surface area contributed by atoms with Gasteiger partial charge in [0.05, 0.1) is 13.2 Å². The third-order valence-electron chi connectivity index (χ3n) is 6.20. The van der Waals surface area contributed by atoms with Gasteiger partial charge in [-0.1, -0.05) is 89.7 Å². The Labute approximate surface area is 191 Å². The molecule has 0 aromatic heterocycles. The minimum atomic E-state index is -1.00. The van der Waals surface area contributed by atoms with Gasteiger partial charge in [-0.05, 0) is 32.1 Å². The molecule has 184 valence electrons. The standard InChI is InChI=1S/C26H50O5/c1-2-3-4-5-6-7-8-9-10-11-12-13-14-15-16-17-18-19-20-30-26-24(29)22-31-25(26)23(28)21-27/h7-8,23-29H,2-6,9-22H2,1H3/b8-7+/t23-,24+,25+,26+/m1/s1. The number of hydrogen-bond acceptors (Lipinski definition) is 5. The summed E-state index contributed by atoms with van der Waals surface area (Å²) in [4.78, 5) is 0. The largest absolute Gasteiger partial charge is 0.394 e. The number of hydrogen-bond donors (Lipinski definition) is 3. The maximum absolute atomic E-state index is 9.91. The fourth-order valence-electron chi connectivity index (χ4n) is 4.18. The molecule has 1 aliphatic rings. The second kappa shape index (κ2) is 20.2. The van der Waals surface area contributed by atoms with Crippen LogP contribution >= 0.6 is 0 Å². The van der Waals surface area contributed by atoms with Crippen molar-refractivity contribution in [2.45, 2.75) is 134 Å². The number of ether oxygens (including phenoxy) is 2. The molecule has 0 saturated carbocycles. The van der Waals surface area contributed by atoms with Crippen molar-refractivity contribution in [1.82, 2.24) is 0 Å². The summed E-state index contributed by atoms with van der Waals surface area (Å²) in [6.45, 7) is 2.60. The van der Waals surface area contributed by atoms with Crippen LogP contribution in [0.5, 0.6) is 0 Å². The highest BCUT2D eigenvalue weighted by Crippen LogP contribution is 2.21. The van der Waals surface area contributed by atoms with Crippen molar-refractivity contribution < 1.29 is 24.8 Å². The first-order chi connectivity index (χ1) is 15.2. The Hall–Kier alpha value is -0.460. The minimum absolute atomic E-state index is 0.155. The number of unbranched alkanes of at least 4 members (excludes halogenated alkanes) is 14. The molecule has 5 nitrogen and oxygen atoms in total. The zero-order valence-corrected chi connectivity index (χ0v) is 20.1. The predicted molar refractivity (Wildman–Crippen MR) is 127 cm³/mol. The topological polar surface area (TPSA) is 79.2 Å². The first kappa shape index (κ1) is 28.6. The Morgan fingerprint density at radius 3 is 1.90 bits per heavy atom. The van der Waals surface area contributed by atoms with E-state index in [0.717, 1.165) is 12.8 Å². The molecule has 4 atom stereocenters. The van der Waals surface area contributed by atoms with Crippen molar-refractivity contribution in [3.05, 3.63) is 12.2 Å². The molecule has 1 aliphatic heterocycles. The molecule has 1 fully saturated rings. The summed E-state index contributed by atoms with van der Waals surface area (Å²) in [6, 6.07) is 0. The van der Waals surface area contributed by atoms with Crippen LogP contribution in [0.3, 0.4) is 0 Å². The van der Waals surface area contributed by atoms with Crippen LogP contribution in [0.25, 0.3) is 0 Å². The maximum atomic E-state index is 9.91. The van der Waals surface area contributed by atoms with Gasteiger partial charge in [0.2, 0.25) is 0 Å². The van der Waals surface area contributed by atoms with Crippen LogP contribution in [0.2, 0.25) is 0 Å². The monoisotopic (exact) mass is 442 g/mol. The Bertz CT molecular complexity index is 415. The van der Waals surface area contributed by atoms with Crippen molar-refractivity contribution in [3.63, 3.8) is 0 Å². The Morgan fingerprint density at radius 2 is 1.35 bits per heavy atom. The van der Waals surface area contributed by atoms with Gasteiger partial charge in [-0.25, -0.2) is 0 Å². The number of aliphatic hydroxyl groups excluding tert-OH is 3. The van der Waals surface area contributed by atoms with E-state index in [4.69, 9.17) is 14.6 Å². The highest BCUT2D eigenvalue weighted by atomic mass is 16.6. The van der Waals surface area contributed by atoms with Gasteiger partial charge in [-0.2, -0.15) is 0 Å². The molecular formula is C26H50O5. The molecule has 1 rings (SSSR count). The van der Waals surface area contributed by atoms with Crippen molar-refractivity contribution in [1.29, 1.82) is 0 Å². The summed E-state index contributed by atoms with van der Waals surface area (Å²) in [7, 11) is 0. The van der Waals surface area contributed by atoms with Crippen LogP contribution in [-0.4, -0.2) is 59.6 Å². The molecule has 31 heavy (non-hydrogen) atoms. The molecule has 3 N–H and O–H groups in total. The molecule has 0 aromatic rings. The molecular weight excluding hydrogens is 392 g/mol. The summed E-state index contributed by atoms with van der Waals surface area (Å²) in [5, 5.41) is 28.7. The van der Waals surface area contributed by atoms with Crippen molar-refractivity contribution >= 4 is 0 Å². The lowest BCUT2D eigenvalue weighted by Crippen LogP contribution is -2.42. The van der Waals surface area contributed by atoms with Crippen molar-refractivity contribution in [2.24, 2.45) is 0 Å². The van der Waals surface area contributed by atoms with E-state index in [9.17, 15) is 10.2 Å². The average Bonchev–Trinajstić information content (AvgIpc) is 3.15. The predicted octanol–water partition coefficient (Wildman–Crippen LogP) is 5.30. The van der Waals surface area contributed by atoms with Crippen LogP contribution in [0.4, 0.5) is 0 Å². The van der Waals surface area contributed by atoms with Crippen LogP contribution in [-0.2, 0) is 9.47 Å². The van der Waals surface area contributed by atoms with Crippen LogP contribution in [0, 0.1) is 0 Å². The molecule has 0 unspecified atom stereocenters. The minimum Gasteiger partial charge on any atom is -0.394 e. The van der Waals surface area contributed by atoms with E-state index in [1.807, 2.05) is 0 Å². The highest BCUT2D eigenvalue weighted by molar-refractivity contribution is 4.89. The highest BCUT2D eigenvalue weighted by Gasteiger charge is 2.40. The normalized spacial score (nSPS) is 22.5. The Balaban J connectivity index is 1.82. The Morgan fingerprint density at radius 1 is 0.839 bits per heavy atom. The quantitative estimate of drug-likeness (QED) is 0.166. The van der Waals surface area contributed by atoms with Gasteiger partial charge in [-0.3, -0.25) is 0 Å². The third kappa shape index (κ3) is 14.3. The molecule has 0 bridgehead atoms. The van der Waals surface area contributed by atoms with Crippen molar-refractivity contribution in [3.8, 4) is 0 Å². The van der Waals surface area contributed by atoms with Gasteiger partial charge < -0.3 is 24.8 Å². The lowest BCUT2D eigenvalue weighted by atomic mass is 10.1. The lowest BCUT2D eigenvalue weighted by Gasteiger charge is -2.23. The van der Waals surface area contributed by atoms with Gasteiger partial charge in [0.25, 0.3) is 0 Å². The van der Waals surface area contributed by atoms with Crippen LogP contribution in [0.15, 0.2) is 12.2 Å². The summed E-state index contributed by atoms with van der Waals surface area (Å²) in [5.74, 6) is 0. The van der Waals surface area contributed by atoms with Gasteiger partial charge in [0, 0.05) is 6.61 Å². The zero-order valence-electron chi connectivity index (χ0n) is 20.1. The molecule has 0 spiro atoms. The number of aliphatic hydroxyl groups is 3. The van der Waals surface area contributed by atoms with Crippen molar-refractivity contribution in [2.75, 3.05) is 19.8 Å². The molecule has 0 aromatic carbocycles. The smallest absolute Gasteiger partial charge is 0.114 e. The molecule has 0 radical (unpaired) electrons. The van der Waals surface area contributed by atoms with E-state index in [0.29, 0.717) is 6.61 Å². The second-order valence-electron chi connectivity index (χ2n) is 9.10. The van der Waals surface area contributed by atoms with E-state index in [1.54, 1.807) is 0 Å². The molecule has 0 aliphatic carbocycles. The fourth-order valence-corrected chi connectivity index (χ4v) is 4.18. The molecule has 1 heterocycles. The average molecular weight is 443 g/mol. The summed E-state index contributed by atoms with van der Waals surface area (Å²) in [5.41, 5.74) is 0. The number of allylic oxidation sites excluding steroid dienone is 2. The number of rotatable bonds is 21. The molecule has 1 saturated heterocycles. The SMILES string of the molecule is CCCCCC/C=C/CCCCCCCCCCCCO[C@@H]1[C@H]([C@H](O)CO)OC[C@@H]1O. The van der Waals surface area contributed by atoms with E-state index >= 15 is 0 Å². The van der Waals surface area contributed by atoms with E-state index in [1.165, 1.54) is 89.9 Å². The lowest BCUT2D eigenvalue weighted by molar-refractivity contribution is -0.0938. The fraction of sp³-hybridized carbons (Fsp3) is 0.923. The van der Waals surface area contributed by atoms with Crippen LogP contribution < -0.4 is 0 Å². The van der Waals surface area contributed by atoms with E-state index < -0.39 is 24.4 Å². The van der Waals surface area contributed by atoms with Gasteiger partial charge in [-0.15, -0.1) is 0 Å². The van der Waals surface area contributed by atoms with Crippen LogP contribution in [0.1, 0.15) is 110 Å². The molecule has 0 amide bonds. The Kier molecular flexibility index (Phi) is 18.6. The zero-order chi connectivity index (χ0) is 22.6. The van der Waals surface area contributed by atoms with Gasteiger partial charge in [0.15, 0.2) is 0 Å². The second-order valence-corrected chi connectivity index (χ2v) is 9.10. The third-order valence-corrected chi connectivity index (χ3v) is 6.20. The van der Waals surface area contributed by atoms with E-state index in [-0.39, 0.29) is 13.2 Å². The van der Waals surface area contributed by atoms with Gasteiger partial charge >= 0.3 is 0 Å². The maximum Gasteiger partial charge on any atom is 0.114 e. The van der Waals surface area contributed by atoms with Gasteiger partial charge in [0.1, 0.15) is 24.4 Å². The summed E-state index contributed by atoms with van der Waals surface area (Å²) >= 11 is 0. The summed E-state index contributed by atoms with van der Waals surface area (Å²) in [6.07, 6.45) is 22.5. The summed E-state index contributed by atoms with van der Waals surface area (Å²) < 4.78 is 11.1. The van der Waals surface area contributed by atoms with E-state index in [2.05, 4.69) is 19.1 Å². The first-order valence-corrected chi connectivity index (χ1v) is 13.1. The first-order valence-electron chi connectivity index (χ1n) is 13.1. The molecule has 5 heteroatoms.